The molecule has 1 atom stereocenters. The van der Waals surface area contributed by atoms with Crippen molar-refractivity contribution in [3.05, 3.63) is 28.5 Å². The molecule has 1 unspecified atom stereocenters. The Morgan fingerprint density at radius 3 is 2.61 bits per heavy atom. The molecule has 1 N–H and O–H groups in total. The summed E-state index contributed by atoms with van der Waals surface area (Å²) in [6, 6.07) is 2.57. The van der Waals surface area contributed by atoms with Crippen LogP contribution in [0.15, 0.2) is 12.1 Å². The van der Waals surface area contributed by atoms with Crippen LogP contribution in [0.3, 0.4) is 0 Å². The number of pyridine rings is 1. The second kappa shape index (κ2) is 5.67. The Morgan fingerprint density at radius 1 is 1.50 bits per heavy atom. The number of sulfone groups is 1. The van der Waals surface area contributed by atoms with Crippen LogP contribution in [0.2, 0.25) is 5.15 Å². The summed E-state index contributed by atoms with van der Waals surface area (Å²) >= 11 is 5.75. The molecular formula is C11H15ClN2O3S. The molecule has 0 aliphatic heterocycles. The van der Waals surface area contributed by atoms with Gasteiger partial charge in [-0.15, -0.1) is 0 Å². The number of nitrogens with one attached hydrogen (secondary N) is 1. The molecule has 7 heteroatoms. The van der Waals surface area contributed by atoms with Crippen molar-refractivity contribution in [2.45, 2.75) is 19.9 Å². The van der Waals surface area contributed by atoms with Crippen molar-refractivity contribution in [3.8, 4) is 0 Å². The first-order chi connectivity index (χ1) is 8.17. The summed E-state index contributed by atoms with van der Waals surface area (Å²) in [4.78, 5) is 15.8. The average molecular weight is 291 g/mol. The number of nitrogens with zero attached hydrogens (tertiary/aromatic N) is 1. The summed E-state index contributed by atoms with van der Waals surface area (Å²) in [6.45, 7) is 3.36. The van der Waals surface area contributed by atoms with E-state index < -0.39 is 15.9 Å². The van der Waals surface area contributed by atoms with E-state index in [9.17, 15) is 13.2 Å². The summed E-state index contributed by atoms with van der Waals surface area (Å²) in [5.74, 6) is -0.463. The Hall–Kier alpha value is -1.14. The maximum absolute atomic E-state index is 11.9. The largest absolute Gasteiger partial charge is 0.349 e. The first kappa shape index (κ1) is 14.9. The molecule has 0 aromatic carbocycles. The number of hydrogen-bond donors (Lipinski definition) is 1. The van der Waals surface area contributed by atoms with Gasteiger partial charge < -0.3 is 5.32 Å². The predicted molar refractivity (Wildman–Crippen MR) is 70.6 cm³/mol. The summed E-state index contributed by atoms with van der Waals surface area (Å²) in [6.07, 6.45) is 1.13. The van der Waals surface area contributed by atoms with Gasteiger partial charge in [0.2, 0.25) is 0 Å². The van der Waals surface area contributed by atoms with Crippen molar-refractivity contribution in [3.63, 3.8) is 0 Å². The zero-order chi connectivity index (χ0) is 13.9. The van der Waals surface area contributed by atoms with E-state index >= 15 is 0 Å². The van der Waals surface area contributed by atoms with Gasteiger partial charge in [-0.05, 0) is 26.0 Å². The molecule has 0 saturated heterocycles. The molecule has 1 aromatic rings. The van der Waals surface area contributed by atoms with Crippen LogP contribution in [0.1, 0.15) is 23.0 Å². The summed E-state index contributed by atoms with van der Waals surface area (Å²) in [5.41, 5.74) is 0.997. The van der Waals surface area contributed by atoms with E-state index in [2.05, 4.69) is 10.3 Å². The van der Waals surface area contributed by atoms with Crippen LogP contribution in [0, 0.1) is 6.92 Å². The fourth-order valence-corrected chi connectivity index (χ4v) is 2.80. The number of amides is 1. The van der Waals surface area contributed by atoms with Gasteiger partial charge >= 0.3 is 0 Å². The third kappa shape index (κ3) is 5.01. The molecule has 5 nitrogen and oxygen atoms in total. The van der Waals surface area contributed by atoms with Gasteiger partial charge in [0.05, 0.1) is 5.75 Å². The van der Waals surface area contributed by atoms with Crippen LogP contribution >= 0.6 is 11.6 Å². The summed E-state index contributed by atoms with van der Waals surface area (Å²) in [7, 11) is -3.12. The number of aromatic nitrogens is 1. The molecule has 1 aromatic heterocycles. The molecule has 1 rings (SSSR count). The molecule has 100 valence electrons. The highest BCUT2D eigenvalue weighted by Gasteiger charge is 2.15. The van der Waals surface area contributed by atoms with Crippen LogP contribution in [-0.4, -0.2) is 37.4 Å². The topological polar surface area (TPSA) is 76.1 Å². The smallest absolute Gasteiger partial charge is 0.251 e. The lowest BCUT2D eigenvalue weighted by molar-refractivity contribution is 0.0943. The first-order valence-electron chi connectivity index (χ1n) is 5.30. The molecular weight excluding hydrogens is 276 g/mol. The quantitative estimate of drug-likeness (QED) is 0.846. The van der Waals surface area contributed by atoms with E-state index in [1.807, 2.05) is 0 Å². The normalized spacial score (nSPS) is 13.1. The molecule has 0 aliphatic rings. The number of aryl methyl sites for hydroxylation is 1. The zero-order valence-corrected chi connectivity index (χ0v) is 12.0. The van der Waals surface area contributed by atoms with E-state index in [4.69, 9.17) is 11.6 Å². The average Bonchev–Trinajstić information content (AvgIpc) is 2.12. The second-order valence-corrected chi connectivity index (χ2v) is 6.86. The van der Waals surface area contributed by atoms with E-state index in [-0.39, 0.29) is 16.8 Å². The monoisotopic (exact) mass is 290 g/mol. The van der Waals surface area contributed by atoms with Crippen molar-refractivity contribution < 1.29 is 13.2 Å². The predicted octanol–water partition coefficient (Wildman–Crippen LogP) is 1.21. The van der Waals surface area contributed by atoms with Gasteiger partial charge in [-0.2, -0.15) is 0 Å². The number of carbonyl (C=O) groups is 1. The first-order valence-corrected chi connectivity index (χ1v) is 7.74. The lowest BCUT2D eigenvalue weighted by atomic mass is 10.2. The summed E-state index contributed by atoms with van der Waals surface area (Å²) in [5, 5.41) is 2.83. The van der Waals surface area contributed by atoms with E-state index in [0.717, 1.165) is 6.26 Å². The van der Waals surface area contributed by atoms with Crippen LogP contribution in [-0.2, 0) is 9.84 Å². The van der Waals surface area contributed by atoms with Gasteiger partial charge in [0.15, 0.2) is 0 Å². The van der Waals surface area contributed by atoms with E-state index in [0.29, 0.717) is 11.3 Å². The maximum atomic E-state index is 11.9. The molecule has 0 bridgehead atoms. The Morgan fingerprint density at radius 2 is 2.11 bits per heavy atom. The molecule has 0 saturated carbocycles. The Kier molecular flexibility index (Phi) is 4.70. The number of halogens is 1. The highest BCUT2D eigenvalue weighted by molar-refractivity contribution is 7.90. The van der Waals surface area contributed by atoms with Gasteiger partial charge in [-0.1, -0.05) is 11.6 Å². The number of rotatable bonds is 4. The van der Waals surface area contributed by atoms with Crippen molar-refractivity contribution in [1.29, 1.82) is 0 Å². The number of carbonyl (C=O) groups excluding carboxylic acids is 1. The Balaban J connectivity index is 2.76. The summed E-state index contributed by atoms with van der Waals surface area (Å²) < 4.78 is 22.2. The van der Waals surface area contributed by atoms with Crippen LogP contribution in [0.4, 0.5) is 0 Å². The molecule has 0 radical (unpaired) electrons. The SMILES string of the molecule is Cc1cc(C(=O)NC(C)CS(C)(=O)=O)cc(Cl)n1. The fraction of sp³-hybridized carbons (Fsp3) is 0.455. The second-order valence-electron chi connectivity index (χ2n) is 4.29. The van der Waals surface area contributed by atoms with Crippen LogP contribution in [0.25, 0.3) is 0 Å². The zero-order valence-electron chi connectivity index (χ0n) is 10.4. The minimum atomic E-state index is -3.12. The van der Waals surface area contributed by atoms with E-state index in [1.54, 1.807) is 19.9 Å². The highest BCUT2D eigenvalue weighted by atomic mass is 35.5. The lowest BCUT2D eigenvalue weighted by Gasteiger charge is -2.13. The molecule has 0 fully saturated rings. The molecule has 18 heavy (non-hydrogen) atoms. The van der Waals surface area contributed by atoms with Crippen molar-refractivity contribution in [2.24, 2.45) is 0 Å². The minimum Gasteiger partial charge on any atom is -0.349 e. The molecule has 0 aliphatic carbocycles. The van der Waals surface area contributed by atoms with Crippen molar-refractivity contribution >= 4 is 27.3 Å². The number of hydrogen-bond acceptors (Lipinski definition) is 4. The molecule has 1 amide bonds. The third-order valence-corrected chi connectivity index (χ3v) is 3.41. The Bertz CT molecular complexity index is 537. The standard InChI is InChI=1S/C11H15ClN2O3S/c1-7-4-9(5-10(12)13-7)11(15)14-8(2)6-18(3,16)17/h4-5,8H,6H2,1-3H3,(H,14,15). The van der Waals surface area contributed by atoms with Gasteiger partial charge in [0.1, 0.15) is 15.0 Å². The van der Waals surface area contributed by atoms with Gasteiger partial charge in [0.25, 0.3) is 5.91 Å². The Labute approximate surface area is 111 Å². The van der Waals surface area contributed by atoms with Crippen LogP contribution < -0.4 is 5.32 Å². The van der Waals surface area contributed by atoms with Gasteiger partial charge in [-0.3, -0.25) is 4.79 Å². The fourth-order valence-electron chi connectivity index (χ4n) is 1.56. The molecule has 1 heterocycles. The van der Waals surface area contributed by atoms with E-state index in [1.165, 1.54) is 6.07 Å². The van der Waals surface area contributed by atoms with Gasteiger partial charge in [0, 0.05) is 23.6 Å². The lowest BCUT2D eigenvalue weighted by Crippen LogP contribution is -2.37. The highest BCUT2D eigenvalue weighted by Crippen LogP contribution is 2.10. The maximum Gasteiger partial charge on any atom is 0.251 e. The van der Waals surface area contributed by atoms with Gasteiger partial charge in [-0.25, -0.2) is 13.4 Å². The van der Waals surface area contributed by atoms with Crippen molar-refractivity contribution in [2.75, 3.05) is 12.0 Å². The molecule has 0 spiro atoms. The third-order valence-electron chi connectivity index (χ3n) is 2.11. The van der Waals surface area contributed by atoms with Crippen LogP contribution in [0.5, 0.6) is 0 Å². The van der Waals surface area contributed by atoms with Crippen molar-refractivity contribution in [1.82, 2.24) is 10.3 Å². The minimum absolute atomic E-state index is 0.101.